The third-order valence-corrected chi connectivity index (χ3v) is 4.89. The van der Waals surface area contributed by atoms with Crippen LogP contribution in [0.5, 0.6) is 0 Å². The number of guanidine groups is 1. The van der Waals surface area contributed by atoms with Crippen LogP contribution >= 0.6 is 0 Å². The van der Waals surface area contributed by atoms with Crippen molar-refractivity contribution in [2.24, 2.45) is 16.6 Å². The third kappa shape index (κ3) is 7.59. The number of carbonyl (C=O) groups is 1. The topological polar surface area (TPSA) is 82.8 Å². The summed E-state index contributed by atoms with van der Waals surface area (Å²) >= 11 is 0. The van der Waals surface area contributed by atoms with Gasteiger partial charge in [-0.05, 0) is 43.9 Å². The van der Waals surface area contributed by atoms with Gasteiger partial charge in [0.25, 0.3) is 0 Å². The first-order valence-corrected chi connectivity index (χ1v) is 10.2. The van der Waals surface area contributed by atoms with E-state index in [2.05, 4.69) is 53.6 Å². The molecule has 0 radical (unpaired) electrons. The van der Waals surface area contributed by atoms with Gasteiger partial charge in [-0.2, -0.15) is 0 Å². The van der Waals surface area contributed by atoms with Gasteiger partial charge in [-0.25, -0.2) is 4.99 Å². The van der Waals surface area contributed by atoms with Crippen LogP contribution in [0.25, 0.3) is 0 Å². The molecule has 4 N–H and O–H groups in total. The highest BCUT2D eigenvalue weighted by molar-refractivity contribution is 5.79. The average Bonchev–Trinajstić information content (AvgIpc) is 2.67. The first-order valence-electron chi connectivity index (χ1n) is 10.2. The number of nitrogens with one attached hydrogen (secondary N) is 2. The summed E-state index contributed by atoms with van der Waals surface area (Å²) in [5, 5.41) is 6.67. The molecule has 150 valence electrons. The lowest BCUT2D eigenvalue weighted by atomic mass is 9.97. The molecular weight excluding hydrogens is 338 g/mol. The van der Waals surface area contributed by atoms with Crippen LogP contribution in [0, 0.1) is 5.92 Å². The van der Waals surface area contributed by atoms with Crippen LogP contribution in [-0.2, 0) is 17.9 Å². The highest BCUT2D eigenvalue weighted by atomic mass is 16.1. The molecule has 1 aromatic carbocycles. The number of carbonyl (C=O) groups excluding carboxylic acids is 1. The van der Waals surface area contributed by atoms with E-state index in [9.17, 15) is 4.79 Å². The van der Waals surface area contributed by atoms with Gasteiger partial charge in [-0.3, -0.25) is 9.69 Å². The number of nitrogens with zero attached hydrogens (tertiary/aromatic N) is 2. The molecule has 6 nitrogen and oxygen atoms in total. The van der Waals surface area contributed by atoms with Crippen molar-refractivity contribution in [2.45, 2.75) is 52.6 Å². The van der Waals surface area contributed by atoms with Crippen LogP contribution in [0.1, 0.15) is 50.7 Å². The van der Waals surface area contributed by atoms with E-state index in [1.54, 1.807) is 0 Å². The molecular formula is C21H35N5O. The molecule has 1 fully saturated rings. The van der Waals surface area contributed by atoms with Crippen LogP contribution in [0.15, 0.2) is 29.3 Å². The van der Waals surface area contributed by atoms with E-state index >= 15 is 0 Å². The van der Waals surface area contributed by atoms with Crippen molar-refractivity contribution in [1.82, 2.24) is 15.5 Å². The fourth-order valence-corrected chi connectivity index (χ4v) is 3.41. The summed E-state index contributed by atoms with van der Waals surface area (Å²) in [6, 6.07) is 8.57. The predicted molar refractivity (Wildman–Crippen MR) is 111 cm³/mol. The van der Waals surface area contributed by atoms with Crippen molar-refractivity contribution in [1.29, 1.82) is 0 Å². The Labute approximate surface area is 163 Å². The molecule has 1 amide bonds. The molecule has 0 aromatic heterocycles. The van der Waals surface area contributed by atoms with Gasteiger partial charge in [0, 0.05) is 26.2 Å². The van der Waals surface area contributed by atoms with Gasteiger partial charge in [-0.15, -0.1) is 0 Å². The Kier molecular flexibility index (Phi) is 9.11. The molecule has 6 heteroatoms. The number of benzene rings is 1. The van der Waals surface area contributed by atoms with Gasteiger partial charge in [0.05, 0.1) is 12.5 Å². The first kappa shape index (κ1) is 21.2. The van der Waals surface area contributed by atoms with Gasteiger partial charge < -0.3 is 16.4 Å². The minimum atomic E-state index is -0.172. The van der Waals surface area contributed by atoms with Crippen LogP contribution in [-0.4, -0.2) is 42.9 Å². The fourth-order valence-electron chi connectivity index (χ4n) is 3.41. The lowest BCUT2D eigenvalue weighted by Crippen LogP contribution is -2.40. The number of piperidine rings is 1. The molecule has 2 rings (SSSR count). The summed E-state index contributed by atoms with van der Waals surface area (Å²) in [5.41, 5.74) is 7.95. The van der Waals surface area contributed by atoms with Crippen molar-refractivity contribution in [3.05, 3.63) is 35.4 Å². The molecule has 1 aromatic rings. The van der Waals surface area contributed by atoms with E-state index in [0.717, 1.165) is 57.9 Å². The molecule has 1 unspecified atom stereocenters. The second-order valence-corrected chi connectivity index (χ2v) is 7.27. The van der Waals surface area contributed by atoms with Gasteiger partial charge >= 0.3 is 0 Å². The van der Waals surface area contributed by atoms with Gasteiger partial charge in [0.15, 0.2) is 5.96 Å². The summed E-state index contributed by atoms with van der Waals surface area (Å²) in [6.45, 7) is 9.37. The summed E-state index contributed by atoms with van der Waals surface area (Å²) in [7, 11) is 0. The van der Waals surface area contributed by atoms with Crippen molar-refractivity contribution in [3.8, 4) is 0 Å². The molecule has 1 atom stereocenters. The number of hydrogen-bond donors (Lipinski definition) is 3. The number of nitrogens with two attached hydrogens (primary N) is 1. The summed E-state index contributed by atoms with van der Waals surface area (Å²) in [4.78, 5) is 18.5. The minimum absolute atomic E-state index is 0.0107. The lowest BCUT2D eigenvalue weighted by Gasteiger charge is -2.31. The number of amides is 1. The van der Waals surface area contributed by atoms with Gasteiger partial charge in [-0.1, -0.05) is 37.6 Å². The fraction of sp³-hybridized carbons (Fsp3) is 0.619. The Morgan fingerprint density at radius 1 is 1.30 bits per heavy atom. The van der Waals surface area contributed by atoms with Crippen molar-refractivity contribution < 1.29 is 4.79 Å². The number of aliphatic imine (C=N–C) groups is 1. The molecule has 0 aliphatic carbocycles. The Balaban J connectivity index is 1.93. The van der Waals surface area contributed by atoms with Gasteiger partial charge in [0.1, 0.15) is 0 Å². The standard InChI is InChI=1S/C21H35N5O/c1-3-5-11-24-21(23-4-2)25-14-17-8-6-9-18(13-17)15-26-12-7-10-19(16-26)20(22)27/h6,8-9,13,19H,3-5,7,10-12,14-16H2,1-2H3,(H2,22,27)(H2,23,24,25). The van der Waals surface area contributed by atoms with E-state index in [1.165, 1.54) is 17.5 Å². The number of rotatable bonds is 9. The largest absolute Gasteiger partial charge is 0.369 e. The second kappa shape index (κ2) is 11.6. The molecule has 1 saturated heterocycles. The smallest absolute Gasteiger partial charge is 0.221 e. The molecule has 1 aliphatic rings. The number of hydrogen-bond acceptors (Lipinski definition) is 3. The normalized spacial score (nSPS) is 18.3. The van der Waals surface area contributed by atoms with Gasteiger partial charge in [0.2, 0.25) is 5.91 Å². The Hall–Kier alpha value is -2.08. The number of primary amides is 1. The first-order chi connectivity index (χ1) is 13.1. The van der Waals surface area contributed by atoms with E-state index in [-0.39, 0.29) is 11.8 Å². The maximum atomic E-state index is 11.5. The number of likely N-dealkylation sites (tertiary alicyclic amines) is 1. The SMILES string of the molecule is CCCCNC(=NCc1cccc(CN2CCCC(C(N)=O)C2)c1)NCC. The van der Waals surface area contributed by atoms with Crippen molar-refractivity contribution in [3.63, 3.8) is 0 Å². The summed E-state index contributed by atoms with van der Waals surface area (Å²) < 4.78 is 0. The van der Waals surface area contributed by atoms with E-state index < -0.39 is 0 Å². The summed E-state index contributed by atoms with van der Waals surface area (Å²) in [6.07, 6.45) is 4.26. The summed E-state index contributed by atoms with van der Waals surface area (Å²) in [5.74, 6) is 0.689. The zero-order valence-electron chi connectivity index (χ0n) is 16.8. The third-order valence-electron chi connectivity index (χ3n) is 4.89. The van der Waals surface area contributed by atoms with E-state index in [4.69, 9.17) is 10.7 Å². The predicted octanol–water partition coefficient (Wildman–Crippen LogP) is 2.24. The van der Waals surface area contributed by atoms with Crippen LogP contribution in [0.2, 0.25) is 0 Å². The Morgan fingerprint density at radius 3 is 2.85 bits per heavy atom. The zero-order chi connectivity index (χ0) is 19.5. The highest BCUT2D eigenvalue weighted by Gasteiger charge is 2.23. The van der Waals surface area contributed by atoms with Crippen LogP contribution in [0.4, 0.5) is 0 Å². The van der Waals surface area contributed by atoms with Crippen molar-refractivity contribution >= 4 is 11.9 Å². The maximum absolute atomic E-state index is 11.5. The van der Waals surface area contributed by atoms with Crippen LogP contribution < -0.4 is 16.4 Å². The van der Waals surface area contributed by atoms with Crippen molar-refractivity contribution in [2.75, 3.05) is 26.2 Å². The molecule has 1 aliphatic heterocycles. The lowest BCUT2D eigenvalue weighted by molar-refractivity contribution is -0.123. The molecule has 0 saturated carbocycles. The number of unbranched alkanes of at least 4 members (excludes halogenated alkanes) is 1. The zero-order valence-corrected chi connectivity index (χ0v) is 16.8. The minimum Gasteiger partial charge on any atom is -0.369 e. The average molecular weight is 374 g/mol. The van der Waals surface area contributed by atoms with E-state index in [0.29, 0.717) is 6.54 Å². The monoisotopic (exact) mass is 373 g/mol. The molecule has 27 heavy (non-hydrogen) atoms. The van der Waals surface area contributed by atoms with Crippen LogP contribution in [0.3, 0.4) is 0 Å². The molecule has 1 heterocycles. The molecule has 0 bridgehead atoms. The molecule has 0 spiro atoms. The van der Waals surface area contributed by atoms with E-state index in [1.807, 2.05) is 0 Å². The maximum Gasteiger partial charge on any atom is 0.221 e. The highest BCUT2D eigenvalue weighted by Crippen LogP contribution is 2.19. The Morgan fingerprint density at radius 2 is 2.11 bits per heavy atom. The Bertz CT molecular complexity index is 616. The quantitative estimate of drug-likeness (QED) is 0.352. The second-order valence-electron chi connectivity index (χ2n) is 7.27.